The van der Waals surface area contributed by atoms with Crippen LogP contribution in [0.4, 0.5) is 0 Å². The number of rotatable bonds is 5. The Kier molecular flexibility index (Phi) is 5.07. The number of carbonyl (C=O) groups excluding carboxylic acids is 1. The van der Waals surface area contributed by atoms with Gasteiger partial charge < -0.3 is 9.47 Å². The van der Waals surface area contributed by atoms with Crippen molar-refractivity contribution in [3.8, 4) is 5.75 Å². The molecule has 0 aliphatic heterocycles. The van der Waals surface area contributed by atoms with Crippen LogP contribution in [0.5, 0.6) is 5.75 Å². The van der Waals surface area contributed by atoms with E-state index >= 15 is 0 Å². The number of carbonyl (C=O) groups is 1. The number of methoxy groups -OCH3 is 1. The summed E-state index contributed by atoms with van der Waals surface area (Å²) in [6.45, 7) is 0.337. The molecule has 20 heavy (non-hydrogen) atoms. The number of esters is 1. The third-order valence-electron chi connectivity index (χ3n) is 2.88. The first-order valence-electron chi connectivity index (χ1n) is 6.17. The summed E-state index contributed by atoms with van der Waals surface area (Å²) in [6.07, 6.45) is 2.03. The molecular formula is C16H16O3S. The minimum atomic E-state index is -0.345. The maximum absolute atomic E-state index is 11.6. The molecule has 0 spiro atoms. The maximum Gasteiger partial charge on any atom is 0.338 e. The Hall–Kier alpha value is -1.94. The Bertz CT molecular complexity index is 579. The fourth-order valence-corrected chi connectivity index (χ4v) is 2.20. The van der Waals surface area contributed by atoms with E-state index in [4.69, 9.17) is 9.47 Å². The molecule has 0 radical (unpaired) electrons. The first kappa shape index (κ1) is 14.5. The molecule has 0 N–H and O–H groups in total. The second kappa shape index (κ2) is 7.01. The average Bonchev–Trinajstić information content (AvgIpc) is 2.53. The molecule has 4 heteroatoms. The molecule has 104 valence electrons. The van der Waals surface area contributed by atoms with Gasteiger partial charge in [0.1, 0.15) is 12.4 Å². The molecule has 2 aromatic carbocycles. The van der Waals surface area contributed by atoms with Crippen molar-refractivity contribution < 1.29 is 14.3 Å². The summed E-state index contributed by atoms with van der Waals surface area (Å²) >= 11 is 1.68. The minimum Gasteiger partial charge on any atom is -0.489 e. The van der Waals surface area contributed by atoms with Crippen molar-refractivity contribution in [2.24, 2.45) is 0 Å². The van der Waals surface area contributed by atoms with Crippen LogP contribution in [0.1, 0.15) is 15.9 Å². The predicted molar refractivity (Wildman–Crippen MR) is 80.3 cm³/mol. The number of benzene rings is 2. The smallest absolute Gasteiger partial charge is 0.338 e. The van der Waals surface area contributed by atoms with Crippen LogP contribution in [0.2, 0.25) is 0 Å². The van der Waals surface area contributed by atoms with Crippen LogP contribution < -0.4 is 4.74 Å². The van der Waals surface area contributed by atoms with E-state index in [1.54, 1.807) is 17.8 Å². The van der Waals surface area contributed by atoms with Crippen molar-refractivity contribution in [1.82, 2.24) is 0 Å². The highest BCUT2D eigenvalue weighted by Crippen LogP contribution is 2.20. The minimum absolute atomic E-state index is 0.337. The Labute approximate surface area is 122 Å². The van der Waals surface area contributed by atoms with E-state index in [1.807, 2.05) is 48.7 Å². The van der Waals surface area contributed by atoms with Gasteiger partial charge in [-0.25, -0.2) is 4.79 Å². The Morgan fingerprint density at radius 1 is 1.10 bits per heavy atom. The molecular weight excluding hydrogens is 272 g/mol. The molecule has 0 amide bonds. The maximum atomic E-state index is 11.6. The molecule has 3 nitrogen and oxygen atoms in total. The SMILES string of the molecule is COC(=O)c1ccccc1COc1ccc(SC)cc1. The van der Waals surface area contributed by atoms with Gasteiger partial charge >= 0.3 is 5.97 Å². The van der Waals surface area contributed by atoms with Crippen LogP contribution >= 0.6 is 11.8 Å². The summed E-state index contributed by atoms with van der Waals surface area (Å²) in [5.41, 5.74) is 1.35. The van der Waals surface area contributed by atoms with Crippen LogP contribution in [0.3, 0.4) is 0 Å². The van der Waals surface area contributed by atoms with Crippen molar-refractivity contribution in [2.75, 3.05) is 13.4 Å². The molecule has 0 bridgehead atoms. The lowest BCUT2D eigenvalue weighted by molar-refractivity contribution is 0.0597. The summed E-state index contributed by atoms with van der Waals surface area (Å²) in [6, 6.07) is 15.1. The van der Waals surface area contributed by atoms with Crippen molar-refractivity contribution in [3.63, 3.8) is 0 Å². The monoisotopic (exact) mass is 288 g/mol. The molecule has 0 aromatic heterocycles. The number of ether oxygens (including phenoxy) is 2. The number of thioether (sulfide) groups is 1. The first-order chi connectivity index (χ1) is 9.74. The highest BCUT2D eigenvalue weighted by atomic mass is 32.2. The van der Waals surface area contributed by atoms with E-state index in [9.17, 15) is 4.79 Å². The van der Waals surface area contributed by atoms with Crippen molar-refractivity contribution in [2.45, 2.75) is 11.5 Å². The summed E-state index contributed by atoms with van der Waals surface area (Å²) in [4.78, 5) is 12.8. The van der Waals surface area contributed by atoms with Gasteiger partial charge in [0, 0.05) is 10.5 Å². The van der Waals surface area contributed by atoms with Gasteiger partial charge in [-0.2, -0.15) is 0 Å². The van der Waals surface area contributed by atoms with Gasteiger partial charge in [0.05, 0.1) is 12.7 Å². The van der Waals surface area contributed by atoms with Gasteiger partial charge in [-0.05, 0) is 36.6 Å². The van der Waals surface area contributed by atoms with Gasteiger partial charge in [-0.1, -0.05) is 18.2 Å². The topological polar surface area (TPSA) is 35.5 Å². The molecule has 0 aliphatic carbocycles. The van der Waals surface area contributed by atoms with Gasteiger partial charge in [0.2, 0.25) is 0 Å². The number of hydrogen-bond acceptors (Lipinski definition) is 4. The zero-order valence-corrected chi connectivity index (χ0v) is 12.3. The van der Waals surface area contributed by atoms with E-state index in [-0.39, 0.29) is 5.97 Å². The fourth-order valence-electron chi connectivity index (χ4n) is 1.79. The fraction of sp³-hybridized carbons (Fsp3) is 0.188. The van der Waals surface area contributed by atoms with E-state index in [0.29, 0.717) is 12.2 Å². The zero-order chi connectivity index (χ0) is 14.4. The lowest BCUT2D eigenvalue weighted by Gasteiger charge is -2.10. The first-order valence-corrected chi connectivity index (χ1v) is 7.40. The average molecular weight is 288 g/mol. The second-order valence-electron chi connectivity index (χ2n) is 4.11. The Morgan fingerprint density at radius 2 is 1.80 bits per heavy atom. The van der Waals surface area contributed by atoms with Crippen molar-refractivity contribution in [3.05, 3.63) is 59.7 Å². The predicted octanol–water partition coefficient (Wildman–Crippen LogP) is 3.77. The molecule has 2 aromatic rings. The molecule has 0 heterocycles. The van der Waals surface area contributed by atoms with Gasteiger partial charge in [-0.15, -0.1) is 11.8 Å². The lowest BCUT2D eigenvalue weighted by Crippen LogP contribution is -2.07. The molecule has 0 unspecified atom stereocenters. The summed E-state index contributed by atoms with van der Waals surface area (Å²) in [7, 11) is 1.38. The third kappa shape index (κ3) is 3.54. The highest BCUT2D eigenvalue weighted by Gasteiger charge is 2.11. The van der Waals surface area contributed by atoms with Crippen molar-refractivity contribution >= 4 is 17.7 Å². The van der Waals surface area contributed by atoms with E-state index in [1.165, 1.54) is 12.0 Å². The van der Waals surface area contributed by atoms with E-state index < -0.39 is 0 Å². The number of hydrogen-bond donors (Lipinski definition) is 0. The Morgan fingerprint density at radius 3 is 2.45 bits per heavy atom. The van der Waals surface area contributed by atoms with Gasteiger partial charge in [0.15, 0.2) is 0 Å². The molecule has 0 saturated carbocycles. The molecule has 0 aliphatic rings. The summed E-state index contributed by atoms with van der Waals surface area (Å²) in [5.74, 6) is 0.435. The van der Waals surface area contributed by atoms with Gasteiger partial charge in [-0.3, -0.25) is 0 Å². The normalized spacial score (nSPS) is 10.1. The summed E-state index contributed by atoms with van der Waals surface area (Å²) in [5, 5.41) is 0. The van der Waals surface area contributed by atoms with E-state index in [2.05, 4.69) is 0 Å². The van der Waals surface area contributed by atoms with Crippen LogP contribution in [0, 0.1) is 0 Å². The van der Waals surface area contributed by atoms with Crippen LogP contribution in [0.25, 0.3) is 0 Å². The second-order valence-corrected chi connectivity index (χ2v) is 4.99. The molecule has 0 saturated heterocycles. The van der Waals surface area contributed by atoms with Crippen LogP contribution in [-0.4, -0.2) is 19.3 Å². The standard InChI is InChI=1S/C16H16O3S/c1-18-16(17)15-6-4-3-5-12(15)11-19-13-7-9-14(20-2)10-8-13/h3-10H,11H2,1-2H3. The Balaban J connectivity index is 2.08. The molecule has 0 fully saturated rings. The van der Waals surface area contributed by atoms with Gasteiger partial charge in [0.25, 0.3) is 0 Å². The van der Waals surface area contributed by atoms with Crippen molar-refractivity contribution in [1.29, 1.82) is 0 Å². The third-order valence-corrected chi connectivity index (χ3v) is 3.62. The van der Waals surface area contributed by atoms with E-state index in [0.717, 1.165) is 11.3 Å². The quantitative estimate of drug-likeness (QED) is 0.619. The van der Waals surface area contributed by atoms with Crippen LogP contribution in [-0.2, 0) is 11.3 Å². The lowest BCUT2D eigenvalue weighted by atomic mass is 10.1. The largest absolute Gasteiger partial charge is 0.489 e. The molecule has 0 atom stereocenters. The van der Waals surface area contributed by atoms with Crippen LogP contribution in [0.15, 0.2) is 53.4 Å². The summed E-state index contributed by atoms with van der Waals surface area (Å²) < 4.78 is 10.5. The zero-order valence-electron chi connectivity index (χ0n) is 11.5. The highest BCUT2D eigenvalue weighted by molar-refractivity contribution is 7.98. The molecule has 2 rings (SSSR count).